The van der Waals surface area contributed by atoms with Crippen LogP contribution in [0.3, 0.4) is 0 Å². The molecule has 2 heterocycles. The molecular formula is C17H22N4O3. The average Bonchev–Trinajstić information content (AvgIpc) is 2.61. The van der Waals surface area contributed by atoms with Gasteiger partial charge in [-0.2, -0.15) is 0 Å². The van der Waals surface area contributed by atoms with Gasteiger partial charge in [0.15, 0.2) is 5.69 Å². The summed E-state index contributed by atoms with van der Waals surface area (Å²) in [5.74, 6) is -0.142. The highest BCUT2D eigenvalue weighted by Crippen LogP contribution is 2.14. The number of aromatic amines is 1. The van der Waals surface area contributed by atoms with E-state index in [4.69, 9.17) is 0 Å². The number of likely N-dealkylation sites (tertiary alicyclic amines) is 1. The minimum atomic E-state index is -0.482. The van der Waals surface area contributed by atoms with Gasteiger partial charge in [0.25, 0.3) is 11.5 Å². The maximum Gasteiger partial charge on any atom is 0.280 e. The molecule has 1 aromatic carbocycles. The van der Waals surface area contributed by atoms with Crippen molar-refractivity contribution < 1.29 is 9.90 Å². The monoisotopic (exact) mass is 330 g/mol. The Labute approximate surface area is 139 Å². The maximum absolute atomic E-state index is 12.2. The number of H-pyrrole nitrogens is 1. The van der Waals surface area contributed by atoms with Gasteiger partial charge in [0.1, 0.15) is 0 Å². The molecule has 3 N–H and O–H groups in total. The molecule has 7 heteroatoms. The van der Waals surface area contributed by atoms with Crippen molar-refractivity contribution in [2.75, 3.05) is 32.8 Å². The lowest BCUT2D eigenvalue weighted by Crippen LogP contribution is -2.42. The molecular weight excluding hydrogens is 308 g/mol. The molecule has 0 bridgehead atoms. The van der Waals surface area contributed by atoms with Gasteiger partial charge in [0, 0.05) is 26.2 Å². The molecule has 1 unspecified atom stereocenters. The lowest BCUT2D eigenvalue weighted by molar-refractivity contribution is 0.0925. The van der Waals surface area contributed by atoms with Gasteiger partial charge in [-0.05, 0) is 37.4 Å². The van der Waals surface area contributed by atoms with Crippen LogP contribution in [0.2, 0.25) is 0 Å². The van der Waals surface area contributed by atoms with E-state index in [9.17, 15) is 14.7 Å². The number of carbonyl (C=O) groups is 1. The Kier molecular flexibility index (Phi) is 5.22. The number of rotatable bonds is 5. The Morgan fingerprint density at radius 2 is 2.25 bits per heavy atom. The van der Waals surface area contributed by atoms with Gasteiger partial charge in [-0.1, -0.05) is 12.1 Å². The molecule has 0 spiro atoms. The SMILES string of the molecule is O=C(NCCN1CCCC(CO)C1)c1nc2ccccc2[nH]c1=O. The first-order chi connectivity index (χ1) is 11.7. The minimum absolute atomic E-state index is 0.111. The molecule has 2 aromatic rings. The van der Waals surface area contributed by atoms with Crippen LogP contribution >= 0.6 is 0 Å². The number of aliphatic hydroxyl groups excluding tert-OH is 1. The Hall–Kier alpha value is -2.25. The zero-order valence-electron chi connectivity index (χ0n) is 13.5. The second kappa shape index (κ2) is 7.55. The largest absolute Gasteiger partial charge is 0.396 e. The van der Waals surface area contributed by atoms with Gasteiger partial charge < -0.3 is 20.3 Å². The molecule has 0 saturated carbocycles. The fraction of sp³-hybridized carbons (Fsp3) is 0.471. The van der Waals surface area contributed by atoms with Crippen molar-refractivity contribution in [3.8, 4) is 0 Å². The number of piperidine rings is 1. The number of aliphatic hydroxyl groups is 1. The van der Waals surface area contributed by atoms with Gasteiger partial charge in [0.05, 0.1) is 11.0 Å². The third-order valence-electron chi connectivity index (χ3n) is 4.39. The van der Waals surface area contributed by atoms with Crippen LogP contribution in [0.1, 0.15) is 23.3 Å². The fourth-order valence-electron chi connectivity index (χ4n) is 3.10. The van der Waals surface area contributed by atoms with Crippen LogP contribution in [0.25, 0.3) is 11.0 Å². The number of nitrogens with zero attached hydrogens (tertiary/aromatic N) is 2. The van der Waals surface area contributed by atoms with E-state index in [-0.39, 0.29) is 12.3 Å². The Balaban J connectivity index is 1.59. The first kappa shape index (κ1) is 16.6. The highest BCUT2D eigenvalue weighted by Gasteiger charge is 2.19. The van der Waals surface area contributed by atoms with E-state index in [0.717, 1.165) is 25.9 Å². The van der Waals surface area contributed by atoms with Gasteiger partial charge >= 0.3 is 0 Å². The number of carbonyl (C=O) groups excluding carboxylic acids is 1. The number of para-hydroxylation sites is 2. The normalized spacial score (nSPS) is 18.6. The van der Waals surface area contributed by atoms with Crippen LogP contribution in [0.5, 0.6) is 0 Å². The van der Waals surface area contributed by atoms with E-state index in [2.05, 4.69) is 20.2 Å². The number of hydrogen-bond donors (Lipinski definition) is 3. The molecule has 1 fully saturated rings. The third kappa shape index (κ3) is 3.80. The first-order valence-corrected chi connectivity index (χ1v) is 8.28. The molecule has 1 aromatic heterocycles. The van der Waals surface area contributed by atoms with E-state index >= 15 is 0 Å². The van der Waals surface area contributed by atoms with Gasteiger partial charge in [-0.15, -0.1) is 0 Å². The second-order valence-electron chi connectivity index (χ2n) is 6.18. The second-order valence-corrected chi connectivity index (χ2v) is 6.18. The zero-order chi connectivity index (χ0) is 16.9. The number of aromatic nitrogens is 2. The standard InChI is InChI=1S/C17H22N4O3/c22-11-12-4-3-8-21(10-12)9-7-18-16(23)15-17(24)20-14-6-2-1-5-13(14)19-15/h1-2,5-6,12,22H,3-4,7-11H2,(H,18,23)(H,20,24). The topological polar surface area (TPSA) is 98.3 Å². The van der Waals surface area contributed by atoms with Crippen molar-refractivity contribution in [1.29, 1.82) is 0 Å². The maximum atomic E-state index is 12.2. The number of nitrogens with one attached hydrogen (secondary N) is 2. The smallest absolute Gasteiger partial charge is 0.280 e. The van der Waals surface area contributed by atoms with E-state index < -0.39 is 11.5 Å². The summed E-state index contributed by atoms with van der Waals surface area (Å²) in [6, 6.07) is 7.12. The van der Waals surface area contributed by atoms with Crippen LogP contribution in [0, 0.1) is 5.92 Å². The summed E-state index contributed by atoms with van der Waals surface area (Å²) in [5, 5.41) is 12.0. The van der Waals surface area contributed by atoms with Gasteiger partial charge in [-0.3, -0.25) is 9.59 Å². The molecule has 1 atom stereocenters. The fourth-order valence-corrected chi connectivity index (χ4v) is 3.10. The van der Waals surface area contributed by atoms with Crippen molar-refractivity contribution in [1.82, 2.24) is 20.2 Å². The average molecular weight is 330 g/mol. The molecule has 128 valence electrons. The third-order valence-corrected chi connectivity index (χ3v) is 4.39. The molecule has 7 nitrogen and oxygen atoms in total. The summed E-state index contributed by atoms with van der Waals surface area (Å²) in [6.07, 6.45) is 2.11. The van der Waals surface area contributed by atoms with Crippen molar-refractivity contribution in [2.45, 2.75) is 12.8 Å². The molecule has 24 heavy (non-hydrogen) atoms. The quantitative estimate of drug-likeness (QED) is 0.735. The Morgan fingerprint density at radius 3 is 3.08 bits per heavy atom. The number of hydrogen-bond acceptors (Lipinski definition) is 5. The summed E-state index contributed by atoms with van der Waals surface area (Å²) in [7, 11) is 0. The van der Waals surface area contributed by atoms with Crippen LogP contribution < -0.4 is 10.9 Å². The van der Waals surface area contributed by atoms with E-state index in [1.54, 1.807) is 18.2 Å². The van der Waals surface area contributed by atoms with E-state index in [1.165, 1.54) is 0 Å². The number of fused-ring (bicyclic) bond motifs is 1. The van der Waals surface area contributed by atoms with E-state index in [1.807, 2.05) is 6.07 Å². The predicted molar refractivity (Wildman–Crippen MR) is 90.9 cm³/mol. The zero-order valence-corrected chi connectivity index (χ0v) is 13.5. The van der Waals surface area contributed by atoms with Crippen molar-refractivity contribution in [2.24, 2.45) is 5.92 Å². The molecule has 1 aliphatic rings. The Bertz CT molecular complexity index is 774. The molecule has 1 aliphatic heterocycles. The highest BCUT2D eigenvalue weighted by molar-refractivity contribution is 5.93. The van der Waals surface area contributed by atoms with Crippen molar-refractivity contribution in [3.05, 3.63) is 40.3 Å². The lowest BCUT2D eigenvalue weighted by atomic mass is 9.99. The van der Waals surface area contributed by atoms with E-state index in [0.29, 0.717) is 30.0 Å². The molecule has 0 aliphatic carbocycles. The number of amides is 1. The summed E-state index contributed by atoms with van der Waals surface area (Å²) < 4.78 is 0. The minimum Gasteiger partial charge on any atom is -0.396 e. The summed E-state index contributed by atoms with van der Waals surface area (Å²) in [5.41, 5.74) is 0.608. The van der Waals surface area contributed by atoms with Crippen LogP contribution in [0.4, 0.5) is 0 Å². The number of benzene rings is 1. The summed E-state index contributed by atoms with van der Waals surface area (Å²) in [4.78, 5) is 33.3. The lowest BCUT2D eigenvalue weighted by Gasteiger charge is -2.31. The molecule has 0 radical (unpaired) electrons. The highest BCUT2D eigenvalue weighted by atomic mass is 16.3. The van der Waals surface area contributed by atoms with Crippen LogP contribution in [-0.4, -0.2) is 58.7 Å². The van der Waals surface area contributed by atoms with Crippen LogP contribution in [0.15, 0.2) is 29.1 Å². The van der Waals surface area contributed by atoms with Crippen molar-refractivity contribution >= 4 is 16.9 Å². The Morgan fingerprint density at radius 1 is 1.42 bits per heavy atom. The van der Waals surface area contributed by atoms with Gasteiger partial charge in [-0.25, -0.2) is 4.98 Å². The van der Waals surface area contributed by atoms with Gasteiger partial charge in [0.2, 0.25) is 0 Å². The first-order valence-electron chi connectivity index (χ1n) is 8.28. The van der Waals surface area contributed by atoms with Crippen LogP contribution in [-0.2, 0) is 0 Å². The van der Waals surface area contributed by atoms with Crippen molar-refractivity contribution in [3.63, 3.8) is 0 Å². The molecule has 3 rings (SSSR count). The molecule has 1 saturated heterocycles. The molecule has 1 amide bonds. The summed E-state index contributed by atoms with van der Waals surface area (Å²) in [6.45, 7) is 3.18. The predicted octanol–water partition coefficient (Wildman–Crippen LogP) is 0.357. The summed E-state index contributed by atoms with van der Waals surface area (Å²) >= 11 is 0.